The highest BCUT2D eigenvalue weighted by Gasteiger charge is 2.41. The first-order chi connectivity index (χ1) is 7.86. The minimum atomic E-state index is 0.639. The van der Waals surface area contributed by atoms with Gasteiger partial charge in [-0.15, -0.1) is 0 Å². The predicted molar refractivity (Wildman–Crippen MR) is 64.9 cm³/mol. The zero-order valence-corrected chi connectivity index (χ0v) is 9.32. The van der Waals surface area contributed by atoms with E-state index in [9.17, 15) is 0 Å². The van der Waals surface area contributed by atoms with Crippen molar-refractivity contribution >= 4 is 11.6 Å². The van der Waals surface area contributed by atoms with Crippen molar-refractivity contribution in [1.29, 1.82) is 0 Å². The number of rotatable bonds is 5. The van der Waals surface area contributed by atoms with Crippen molar-refractivity contribution in [1.82, 2.24) is 4.98 Å². The smallest absolute Gasteiger partial charge is 0.142 e. The van der Waals surface area contributed by atoms with Crippen molar-refractivity contribution in [3.8, 4) is 0 Å². The van der Waals surface area contributed by atoms with Crippen LogP contribution in [0.1, 0.15) is 25.7 Å². The molecule has 0 atom stereocenters. The molecule has 16 heavy (non-hydrogen) atoms. The van der Waals surface area contributed by atoms with Crippen LogP contribution in [0.5, 0.6) is 0 Å². The Hall–Kier alpha value is -1.29. The lowest BCUT2D eigenvalue weighted by molar-refractivity contribution is 0.566. The monoisotopic (exact) mass is 218 g/mol. The maximum atomic E-state index is 5.35. The van der Waals surface area contributed by atoms with Gasteiger partial charge in [-0.3, -0.25) is 0 Å². The lowest BCUT2D eigenvalue weighted by atomic mass is 10.1. The first-order valence-electron chi connectivity index (χ1n) is 6.07. The van der Waals surface area contributed by atoms with E-state index in [2.05, 4.69) is 15.7 Å². The van der Waals surface area contributed by atoms with Gasteiger partial charge in [0, 0.05) is 6.04 Å². The molecule has 1 aromatic rings. The van der Waals surface area contributed by atoms with Gasteiger partial charge in [0.2, 0.25) is 0 Å². The van der Waals surface area contributed by atoms with Gasteiger partial charge in [-0.25, -0.2) is 10.8 Å². The average Bonchev–Trinajstić information content (AvgIpc) is 3.18. The number of nitrogen functional groups attached to an aromatic ring is 1. The first kappa shape index (κ1) is 9.90. The first-order valence-corrected chi connectivity index (χ1v) is 6.07. The van der Waals surface area contributed by atoms with Crippen LogP contribution in [-0.2, 0) is 0 Å². The Morgan fingerprint density at radius 3 is 2.31 bits per heavy atom. The van der Waals surface area contributed by atoms with E-state index in [1.807, 2.05) is 18.2 Å². The van der Waals surface area contributed by atoms with Crippen LogP contribution in [0.25, 0.3) is 0 Å². The molecule has 1 aromatic heterocycles. The van der Waals surface area contributed by atoms with E-state index in [1.165, 1.54) is 25.7 Å². The largest absolute Gasteiger partial charge is 0.367 e. The van der Waals surface area contributed by atoms with Gasteiger partial charge in [0.15, 0.2) is 0 Å². The summed E-state index contributed by atoms with van der Waals surface area (Å²) in [6.45, 7) is 0. The number of nitrogens with two attached hydrogens (primary N) is 1. The van der Waals surface area contributed by atoms with Gasteiger partial charge in [-0.1, -0.05) is 6.07 Å². The predicted octanol–water partition coefficient (Wildman–Crippen LogP) is 1.97. The van der Waals surface area contributed by atoms with Gasteiger partial charge in [0.1, 0.15) is 11.6 Å². The highest BCUT2D eigenvalue weighted by atomic mass is 15.3. The van der Waals surface area contributed by atoms with Crippen LogP contribution in [-0.4, -0.2) is 11.0 Å². The molecule has 4 N–H and O–H groups in total. The molecular formula is C12H18N4. The van der Waals surface area contributed by atoms with Gasteiger partial charge in [-0.05, 0) is 49.7 Å². The summed E-state index contributed by atoms with van der Waals surface area (Å²) in [5, 5.41) is 3.57. The second-order valence-corrected chi connectivity index (χ2v) is 4.90. The highest BCUT2D eigenvalue weighted by Crippen LogP contribution is 2.45. The second-order valence-electron chi connectivity index (χ2n) is 4.90. The van der Waals surface area contributed by atoms with Gasteiger partial charge < -0.3 is 10.7 Å². The molecule has 2 aliphatic carbocycles. The third-order valence-electron chi connectivity index (χ3n) is 3.47. The molecule has 0 bridgehead atoms. The Morgan fingerprint density at radius 1 is 1.12 bits per heavy atom. The lowest BCUT2D eigenvalue weighted by Crippen LogP contribution is -2.25. The topological polar surface area (TPSA) is 63.0 Å². The number of nitrogens with one attached hydrogen (secondary N) is 2. The van der Waals surface area contributed by atoms with Crippen LogP contribution < -0.4 is 16.6 Å². The van der Waals surface area contributed by atoms with Crippen molar-refractivity contribution < 1.29 is 0 Å². The Bertz CT molecular complexity index is 359. The number of hydrogen-bond donors (Lipinski definition) is 3. The maximum absolute atomic E-state index is 5.35. The lowest BCUT2D eigenvalue weighted by Gasteiger charge is -2.18. The fourth-order valence-corrected chi connectivity index (χ4v) is 2.30. The molecule has 86 valence electrons. The molecular weight excluding hydrogens is 200 g/mol. The Morgan fingerprint density at radius 2 is 1.75 bits per heavy atom. The molecule has 1 heterocycles. The SMILES string of the molecule is NNc1cccc(NC(C2CC2)C2CC2)n1. The van der Waals surface area contributed by atoms with Gasteiger partial charge >= 0.3 is 0 Å². The summed E-state index contributed by atoms with van der Waals surface area (Å²) in [7, 11) is 0. The van der Waals surface area contributed by atoms with Gasteiger partial charge in [0.25, 0.3) is 0 Å². The highest BCUT2D eigenvalue weighted by molar-refractivity contribution is 5.45. The van der Waals surface area contributed by atoms with E-state index >= 15 is 0 Å². The number of aromatic nitrogens is 1. The zero-order chi connectivity index (χ0) is 11.0. The van der Waals surface area contributed by atoms with Gasteiger partial charge in [0.05, 0.1) is 0 Å². The molecule has 4 heteroatoms. The number of anilines is 2. The molecule has 0 amide bonds. The maximum Gasteiger partial charge on any atom is 0.142 e. The number of pyridine rings is 1. The molecule has 0 saturated heterocycles. The summed E-state index contributed by atoms with van der Waals surface area (Å²) in [5.41, 5.74) is 2.58. The fourth-order valence-electron chi connectivity index (χ4n) is 2.30. The van der Waals surface area contributed by atoms with Crippen molar-refractivity contribution in [2.75, 3.05) is 10.7 Å². The summed E-state index contributed by atoms with van der Waals surface area (Å²) in [4.78, 5) is 4.40. The fraction of sp³-hybridized carbons (Fsp3) is 0.583. The normalized spacial score (nSPS) is 19.9. The van der Waals surface area contributed by atoms with Crippen molar-refractivity contribution in [3.05, 3.63) is 18.2 Å². The summed E-state index contributed by atoms with van der Waals surface area (Å²) < 4.78 is 0. The quantitative estimate of drug-likeness (QED) is 0.522. The van der Waals surface area contributed by atoms with Gasteiger partial charge in [-0.2, -0.15) is 0 Å². The third kappa shape index (κ3) is 2.11. The van der Waals surface area contributed by atoms with Crippen LogP contribution in [0.2, 0.25) is 0 Å². The molecule has 2 saturated carbocycles. The summed E-state index contributed by atoms with van der Waals surface area (Å²) >= 11 is 0. The molecule has 2 fully saturated rings. The van der Waals surface area contributed by atoms with E-state index in [-0.39, 0.29) is 0 Å². The van der Waals surface area contributed by atoms with Crippen LogP contribution in [0.15, 0.2) is 18.2 Å². The van der Waals surface area contributed by atoms with Crippen molar-refractivity contribution in [3.63, 3.8) is 0 Å². The summed E-state index contributed by atoms with van der Waals surface area (Å²) in [6, 6.07) is 6.49. The average molecular weight is 218 g/mol. The molecule has 0 spiro atoms. The minimum absolute atomic E-state index is 0.639. The molecule has 3 rings (SSSR count). The molecule has 2 aliphatic rings. The molecule has 4 nitrogen and oxygen atoms in total. The summed E-state index contributed by atoms with van der Waals surface area (Å²) in [5.74, 6) is 8.77. The molecule has 0 aromatic carbocycles. The second kappa shape index (κ2) is 3.94. The molecule has 0 aliphatic heterocycles. The van der Waals surface area contributed by atoms with Crippen molar-refractivity contribution in [2.24, 2.45) is 17.7 Å². The van der Waals surface area contributed by atoms with Crippen LogP contribution in [0, 0.1) is 11.8 Å². The van der Waals surface area contributed by atoms with Crippen LogP contribution in [0.3, 0.4) is 0 Å². The number of hydrogen-bond acceptors (Lipinski definition) is 4. The minimum Gasteiger partial charge on any atom is -0.367 e. The summed E-state index contributed by atoms with van der Waals surface area (Å²) in [6.07, 6.45) is 5.51. The number of hydrazine groups is 1. The Balaban J connectivity index is 1.70. The molecule has 0 unspecified atom stereocenters. The van der Waals surface area contributed by atoms with Crippen LogP contribution >= 0.6 is 0 Å². The zero-order valence-electron chi connectivity index (χ0n) is 9.32. The number of nitrogens with zero attached hydrogens (tertiary/aromatic N) is 1. The third-order valence-corrected chi connectivity index (χ3v) is 3.47. The Labute approximate surface area is 95.6 Å². The van der Waals surface area contributed by atoms with E-state index in [1.54, 1.807) is 0 Å². The van der Waals surface area contributed by atoms with Crippen LogP contribution in [0.4, 0.5) is 11.6 Å². The van der Waals surface area contributed by atoms with Crippen molar-refractivity contribution in [2.45, 2.75) is 31.7 Å². The Kier molecular flexibility index (Phi) is 2.44. The van der Waals surface area contributed by atoms with E-state index in [0.29, 0.717) is 6.04 Å². The standard InChI is InChI=1S/C12H18N4/c13-16-11-3-1-2-10(14-11)15-12(8-4-5-8)9-6-7-9/h1-3,8-9,12H,4-7,13H2,(H2,14,15,16). The van der Waals surface area contributed by atoms with E-state index < -0.39 is 0 Å². The molecule has 0 radical (unpaired) electrons. The van der Waals surface area contributed by atoms with E-state index in [0.717, 1.165) is 23.5 Å². The van der Waals surface area contributed by atoms with E-state index in [4.69, 9.17) is 5.84 Å².